The molecule has 0 spiro atoms. The Morgan fingerprint density at radius 2 is 1.69 bits per heavy atom. The van der Waals surface area contributed by atoms with Gasteiger partial charge in [0.1, 0.15) is 5.75 Å². The lowest BCUT2D eigenvalue weighted by Gasteiger charge is -2.30. The van der Waals surface area contributed by atoms with Gasteiger partial charge in [0.05, 0.1) is 12.8 Å². The van der Waals surface area contributed by atoms with Gasteiger partial charge in [0.25, 0.3) is 0 Å². The van der Waals surface area contributed by atoms with E-state index in [0.29, 0.717) is 18.0 Å². The fourth-order valence-electron chi connectivity index (χ4n) is 4.00. The summed E-state index contributed by atoms with van der Waals surface area (Å²) in [6.07, 6.45) is 2.97. The highest BCUT2D eigenvalue weighted by molar-refractivity contribution is 5.94. The molecule has 3 rings (SSSR count). The largest absolute Gasteiger partial charge is 0.495 e. The molecule has 0 unspecified atom stereocenters. The number of rotatable bonds is 6. The second-order valence-electron chi connectivity index (χ2n) is 7.92. The molecule has 1 aliphatic rings. The zero-order valence-electron chi connectivity index (χ0n) is 17.5. The van der Waals surface area contributed by atoms with Crippen LogP contribution < -0.4 is 10.1 Å². The predicted molar refractivity (Wildman–Crippen MR) is 115 cm³/mol. The molecule has 2 amide bonds. The molecule has 0 saturated heterocycles. The second-order valence-corrected chi connectivity index (χ2v) is 7.92. The molecule has 0 radical (unpaired) electrons. The van der Waals surface area contributed by atoms with E-state index in [0.717, 1.165) is 36.8 Å². The highest BCUT2D eigenvalue weighted by atomic mass is 16.5. The van der Waals surface area contributed by atoms with Crippen LogP contribution in [-0.4, -0.2) is 30.9 Å². The first-order valence-corrected chi connectivity index (χ1v) is 10.2. The van der Waals surface area contributed by atoms with Gasteiger partial charge in [-0.2, -0.15) is 0 Å². The molecule has 1 saturated carbocycles. The Hall–Kier alpha value is -2.82. The SMILES string of the molecule is COc1ccc(C)cc1NC(=O)C1CCC(C(=O)N(C)Cc2ccccc2)CC1. The Morgan fingerprint density at radius 3 is 2.34 bits per heavy atom. The first-order chi connectivity index (χ1) is 14.0. The molecule has 2 aromatic rings. The average Bonchev–Trinajstić information content (AvgIpc) is 2.74. The van der Waals surface area contributed by atoms with Gasteiger partial charge in [-0.1, -0.05) is 36.4 Å². The van der Waals surface area contributed by atoms with E-state index in [1.807, 2.05) is 62.5 Å². The Kier molecular flexibility index (Phi) is 6.91. The molecule has 0 atom stereocenters. The minimum absolute atomic E-state index is 0.00117. The molecule has 0 bridgehead atoms. The van der Waals surface area contributed by atoms with Crippen molar-refractivity contribution in [2.24, 2.45) is 11.8 Å². The Labute approximate surface area is 173 Å². The van der Waals surface area contributed by atoms with Crippen LogP contribution in [0.4, 0.5) is 5.69 Å². The van der Waals surface area contributed by atoms with Gasteiger partial charge in [-0.05, 0) is 55.9 Å². The third-order valence-corrected chi connectivity index (χ3v) is 5.70. The topological polar surface area (TPSA) is 58.6 Å². The lowest BCUT2D eigenvalue weighted by Crippen LogP contribution is -2.36. The number of carbonyl (C=O) groups is 2. The molecule has 1 aliphatic carbocycles. The summed E-state index contributed by atoms with van der Waals surface area (Å²) in [5.74, 6) is 0.783. The number of methoxy groups -OCH3 is 1. The fourth-order valence-corrected chi connectivity index (χ4v) is 4.00. The maximum absolute atomic E-state index is 12.8. The van der Waals surface area contributed by atoms with E-state index in [1.54, 1.807) is 12.0 Å². The Bertz CT molecular complexity index is 842. The van der Waals surface area contributed by atoms with E-state index in [4.69, 9.17) is 4.74 Å². The maximum atomic E-state index is 12.8. The maximum Gasteiger partial charge on any atom is 0.227 e. The Balaban J connectivity index is 1.52. The van der Waals surface area contributed by atoms with Crippen molar-refractivity contribution in [3.05, 3.63) is 59.7 Å². The van der Waals surface area contributed by atoms with Crippen molar-refractivity contribution in [3.63, 3.8) is 0 Å². The van der Waals surface area contributed by atoms with E-state index in [9.17, 15) is 9.59 Å². The van der Waals surface area contributed by atoms with E-state index < -0.39 is 0 Å². The number of carbonyl (C=O) groups excluding carboxylic acids is 2. The molecule has 1 fully saturated rings. The quantitative estimate of drug-likeness (QED) is 0.790. The normalized spacial score (nSPS) is 18.7. The van der Waals surface area contributed by atoms with Gasteiger partial charge in [0, 0.05) is 25.4 Å². The van der Waals surface area contributed by atoms with Crippen molar-refractivity contribution in [2.75, 3.05) is 19.5 Å². The number of aryl methyl sites for hydroxylation is 1. The van der Waals surface area contributed by atoms with Gasteiger partial charge < -0.3 is 15.0 Å². The van der Waals surface area contributed by atoms with Crippen molar-refractivity contribution >= 4 is 17.5 Å². The summed E-state index contributed by atoms with van der Waals surface area (Å²) in [5, 5.41) is 3.01. The first kappa shape index (κ1) is 20.9. The molecule has 2 aromatic carbocycles. The third-order valence-electron chi connectivity index (χ3n) is 5.70. The van der Waals surface area contributed by atoms with Gasteiger partial charge in [0.15, 0.2) is 0 Å². The molecule has 0 aliphatic heterocycles. The van der Waals surface area contributed by atoms with Crippen molar-refractivity contribution in [1.82, 2.24) is 4.90 Å². The second kappa shape index (κ2) is 9.59. The molecular formula is C24H30N2O3. The monoisotopic (exact) mass is 394 g/mol. The number of amides is 2. The van der Waals surface area contributed by atoms with Gasteiger partial charge in [-0.15, -0.1) is 0 Å². The summed E-state index contributed by atoms with van der Waals surface area (Å²) in [6.45, 7) is 2.60. The van der Waals surface area contributed by atoms with Crippen molar-refractivity contribution in [1.29, 1.82) is 0 Å². The van der Waals surface area contributed by atoms with Crippen molar-refractivity contribution in [3.8, 4) is 5.75 Å². The summed E-state index contributed by atoms with van der Waals surface area (Å²) in [5.41, 5.74) is 2.90. The van der Waals surface area contributed by atoms with Crippen LogP contribution in [0.3, 0.4) is 0 Å². The van der Waals surface area contributed by atoms with Gasteiger partial charge in [-0.25, -0.2) is 0 Å². The smallest absolute Gasteiger partial charge is 0.227 e. The molecule has 0 heterocycles. The number of nitrogens with one attached hydrogen (secondary N) is 1. The van der Waals surface area contributed by atoms with Crippen LogP contribution in [0.15, 0.2) is 48.5 Å². The van der Waals surface area contributed by atoms with Crippen LogP contribution in [0.2, 0.25) is 0 Å². The highest BCUT2D eigenvalue weighted by Crippen LogP contribution is 2.32. The molecule has 29 heavy (non-hydrogen) atoms. The summed E-state index contributed by atoms with van der Waals surface area (Å²) in [7, 11) is 3.46. The minimum atomic E-state index is -0.0660. The van der Waals surface area contributed by atoms with Gasteiger partial charge in [-0.3, -0.25) is 9.59 Å². The number of anilines is 1. The lowest BCUT2D eigenvalue weighted by molar-refractivity contribution is -0.137. The minimum Gasteiger partial charge on any atom is -0.495 e. The summed E-state index contributed by atoms with van der Waals surface area (Å²) < 4.78 is 5.35. The molecule has 154 valence electrons. The standard InChI is InChI=1S/C24H30N2O3/c1-17-9-14-22(29-3)21(15-17)25-23(27)19-10-12-20(13-11-19)24(28)26(2)16-18-7-5-4-6-8-18/h4-9,14-15,19-20H,10-13,16H2,1-3H3,(H,25,27). The molecule has 5 heteroatoms. The summed E-state index contributed by atoms with van der Waals surface area (Å²) in [4.78, 5) is 27.3. The van der Waals surface area contributed by atoms with E-state index >= 15 is 0 Å². The zero-order chi connectivity index (χ0) is 20.8. The predicted octanol–water partition coefficient (Wildman–Crippen LogP) is 4.41. The number of hydrogen-bond acceptors (Lipinski definition) is 3. The number of benzene rings is 2. The van der Waals surface area contributed by atoms with Crippen LogP contribution in [0.5, 0.6) is 5.75 Å². The highest BCUT2D eigenvalue weighted by Gasteiger charge is 2.31. The van der Waals surface area contributed by atoms with Crippen LogP contribution in [-0.2, 0) is 16.1 Å². The van der Waals surface area contributed by atoms with Crippen LogP contribution in [0.25, 0.3) is 0 Å². The number of ether oxygens (including phenoxy) is 1. The molecule has 5 nitrogen and oxygen atoms in total. The van der Waals surface area contributed by atoms with Crippen LogP contribution >= 0.6 is 0 Å². The molecule has 0 aromatic heterocycles. The zero-order valence-corrected chi connectivity index (χ0v) is 17.5. The van der Waals surface area contributed by atoms with Crippen LogP contribution in [0.1, 0.15) is 36.8 Å². The van der Waals surface area contributed by atoms with Crippen molar-refractivity contribution in [2.45, 2.75) is 39.2 Å². The Morgan fingerprint density at radius 1 is 1.03 bits per heavy atom. The third kappa shape index (κ3) is 5.37. The molecule has 1 N–H and O–H groups in total. The van der Waals surface area contributed by atoms with Crippen LogP contribution in [0, 0.1) is 18.8 Å². The number of nitrogens with zero attached hydrogens (tertiary/aromatic N) is 1. The number of hydrogen-bond donors (Lipinski definition) is 1. The van der Waals surface area contributed by atoms with Gasteiger partial charge in [0.2, 0.25) is 11.8 Å². The van der Waals surface area contributed by atoms with E-state index in [2.05, 4.69) is 5.32 Å². The molecular weight excluding hydrogens is 364 g/mol. The lowest BCUT2D eigenvalue weighted by atomic mass is 9.81. The van der Waals surface area contributed by atoms with E-state index in [1.165, 1.54) is 0 Å². The van der Waals surface area contributed by atoms with Crippen molar-refractivity contribution < 1.29 is 14.3 Å². The summed E-state index contributed by atoms with van der Waals surface area (Å²) in [6, 6.07) is 15.8. The summed E-state index contributed by atoms with van der Waals surface area (Å²) >= 11 is 0. The average molecular weight is 395 g/mol. The first-order valence-electron chi connectivity index (χ1n) is 10.2. The fraction of sp³-hybridized carbons (Fsp3) is 0.417. The van der Waals surface area contributed by atoms with Gasteiger partial charge >= 0.3 is 0 Å². The van der Waals surface area contributed by atoms with E-state index in [-0.39, 0.29) is 23.7 Å².